The zero-order chi connectivity index (χ0) is 15.4. The molecule has 4 nitrogen and oxygen atoms in total. The van der Waals surface area contributed by atoms with Crippen LogP contribution in [0.1, 0.15) is 18.5 Å². The van der Waals surface area contributed by atoms with E-state index < -0.39 is 0 Å². The molecule has 21 heavy (non-hydrogen) atoms. The molecule has 0 spiro atoms. The summed E-state index contributed by atoms with van der Waals surface area (Å²) in [7, 11) is 0. The molecular weight excluding hydrogens is 337 g/mol. The van der Waals surface area contributed by atoms with Crippen LogP contribution in [-0.2, 0) is 6.54 Å². The monoisotopic (exact) mass is 349 g/mol. The largest absolute Gasteiger partial charge is 0.376 e. The van der Waals surface area contributed by atoms with E-state index in [4.69, 9.17) is 6.42 Å². The average molecular weight is 350 g/mol. The van der Waals surface area contributed by atoms with Crippen molar-refractivity contribution in [2.24, 2.45) is 0 Å². The fourth-order valence-electron chi connectivity index (χ4n) is 1.90. The van der Waals surface area contributed by atoms with Crippen LogP contribution >= 0.6 is 15.9 Å². The third-order valence-electron chi connectivity index (χ3n) is 2.97. The molecule has 0 aliphatic heterocycles. The standard InChI is InChI=1S/C15H13BrFN3O/c1-3-8-20-15(21)14(16)13(9-18-20)19-10(2)11-6-4-5-7-12(11)17/h1,4-7,9-10,19H,8H2,2H3. The van der Waals surface area contributed by atoms with Crippen molar-refractivity contribution in [3.05, 3.63) is 56.7 Å². The number of aromatic nitrogens is 2. The van der Waals surface area contributed by atoms with E-state index in [-0.39, 0.29) is 24.0 Å². The summed E-state index contributed by atoms with van der Waals surface area (Å²) < 4.78 is 15.2. The highest BCUT2D eigenvalue weighted by molar-refractivity contribution is 9.10. The Morgan fingerprint density at radius 3 is 2.90 bits per heavy atom. The first-order chi connectivity index (χ1) is 10.0. The molecular formula is C15H13BrFN3O. The molecule has 2 aromatic rings. The van der Waals surface area contributed by atoms with E-state index in [1.807, 2.05) is 0 Å². The maximum Gasteiger partial charge on any atom is 0.284 e. The third kappa shape index (κ3) is 3.31. The predicted octanol–water partition coefficient (Wildman–Crippen LogP) is 2.95. The Morgan fingerprint density at radius 2 is 2.24 bits per heavy atom. The SMILES string of the molecule is C#CCn1ncc(NC(C)c2ccccc2F)c(Br)c1=O. The van der Waals surface area contributed by atoms with Crippen molar-refractivity contribution < 1.29 is 4.39 Å². The molecule has 1 aromatic heterocycles. The van der Waals surface area contributed by atoms with Crippen LogP contribution in [0, 0.1) is 18.2 Å². The van der Waals surface area contributed by atoms with Crippen LogP contribution in [0.4, 0.5) is 10.1 Å². The van der Waals surface area contributed by atoms with Gasteiger partial charge in [-0.25, -0.2) is 9.07 Å². The van der Waals surface area contributed by atoms with Gasteiger partial charge in [-0.1, -0.05) is 24.1 Å². The lowest BCUT2D eigenvalue weighted by atomic mass is 10.1. The van der Waals surface area contributed by atoms with Crippen molar-refractivity contribution in [2.75, 3.05) is 5.32 Å². The van der Waals surface area contributed by atoms with Gasteiger partial charge in [0.1, 0.15) is 16.8 Å². The molecule has 1 atom stereocenters. The number of halogens is 2. The first-order valence-electron chi connectivity index (χ1n) is 6.24. The van der Waals surface area contributed by atoms with Crippen molar-refractivity contribution >= 4 is 21.6 Å². The molecule has 1 aromatic carbocycles. The highest BCUT2D eigenvalue weighted by Crippen LogP contribution is 2.24. The number of benzene rings is 1. The lowest BCUT2D eigenvalue weighted by Crippen LogP contribution is -2.24. The number of anilines is 1. The molecule has 1 unspecified atom stereocenters. The van der Waals surface area contributed by atoms with Crippen LogP contribution < -0.4 is 10.9 Å². The van der Waals surface area contributed by atoms with Gasteiger partial charge in [0, 0.05) is 5.56 Å². The van der Waals surface area contributed by atoms with Gasteiger partial charge in [-0.05, 0) is 28.9 Å². The van der Waals surface area contributed by atoms with Crippen LogP contribution in [0.5, 0.6) is 0 Å². The van der Waals surface area contributed by atoms with E-state index in [2.05, 4.69) is 32.3 Å². The average Bonchev–Trinajstić information content (AvgIpc) is 2.47. The van der Waals surface area contributed by atoms with Crippen LogP contribution in [0.25, 0.3) is 0 Å². The van der Waals surface area contributed by atoms with Crippen molar-refractivity contribution in [2.45, 2.75) is 19.5 Å². The molecule has 0 saturated heterocycles. The van der Waals surface area contributed by atoms with Crippen LogP contribution in [0.15, 0.2) is 39.7 Å². The molecule has 108 valence electrons. The van der Waals surface area contributed by atoms with Crippen LogP contribution in [0.3, 0.4) is 0 Å². The number of nitrogens with zero attached hydrogens (tertiary/aromatic N) is 2. The molecule has 0 amide bonds. The summed E-state index contributed by atoms with van der Waals surface area (Å²) in [4.78, 5) is 12.0. The second-order valence-electron chi connectivity index (χ2n) is 4.43. The van der Waals surface area contributed by atoms with Gasteiger partial charge in [-0.15, -0.1) is 6.42 Å². The zero-order valence-corrected chi connectivity index (χ0v) is 12.9. The summed E-state index contributed by atoms with van der Waals surface area (Å²) in [5.41, 5.74) is 0.667. The first kappa shape index (κ1) is 15.3. The Balaban J connectivity index is 2.29. The van der Waals surface area contributed by atoms with Crippen molar-refractivity contribution in [1.29, 1.82) is 0 Å². The Kier molecular flexibility index (Phi) is 4.76. The van der Waals surface area contributed by atoms with Crippen molar-refractivity contribution in [3.63, 3.8) is 0 Å². The van der Waals surface area contributed by atoms with E-state index in [1.165, 1.54) is 16.9 Å². The first-order valence-corrected chi connectivity index (χ1v) is 7.04. The lowest BCUT2D eigenvalue weighted by molar-refractivity contribution is 0.599. The predicted molar refractivity (Wildman–Crippen MR) is 83.5 cm³/mol. The Labute approximate surface area is 130 Å². The van der Waals surface area contributed by atoms with Gasteiger partial charge in [0.2, 0.25) is 0 Å². The maximum absolute atomic E-state index is 13.7. The highest BCUT2D eigenvalue weighted by Gasteiger charge is 2.14. The minimum Gasteiger partial charge on any atom is -0.376 e. The smallest absolute Gasteiger partial charge is 0.284 e. The molecule has 0 saturated carbocycles. The summed E-state index contributed by atoms with van der Waals surface area (Å²) >= 11 is 3.22. The molecule has 1 N–H and O–H groups in total. The molecule has 2 rings (SSSR count). The summed E-state index contributed by atoms with van der Waals surface area (Å²) in [6, 6.07) is 6.16. The number of nitrogens with one attached hydrogen (secondary N) is 1. The number of terminal acetylenes is 1. The summed E-state index contributed by atoms with van der Waals surface area (Å²) in [6.07, 6.45) is 6.65. The highest BCUT2D eigenvalue weighted by atomic mass is 79.9. The van der Waals surface area contributed by atoms with Crippen molar-refractivity contribution in [3.8, 4) is 12.3 Å². The van der Waals surface area contributed by atoms with E-state index in [1.54, 1.807) is 25.1 Å². The van der Waals surface area contributed by atoms with Gasteiger partial charge in [0.25, 0.3) is 5.56 Å². The van der Waals surface area contributed by atoms with Gasteiger partial charge in [0.15, 0.2) is 0 Å². The summed E-state index contributed by atoms with van der Waals surface area (Å²) in [5, 5.41) is 7.04. The maximum atomic E-state index is 13.7. The molecule has 0 aliphatic carbocycles. The molecule has 0 bridgehead atoms. The van der Waals surface area contributed by atoms with E-state index in [0.29, 0.717) is 15.7 Å². The Hall–Kier alpha value is -2.13. The second-order valence-corrected chi connectivity index (χ2v) is 5.22. The summed E-state index contributed by atoms with van der Waals surface area (Å²) in [5.74, 6) is 2.05. The van der Waals surface area contributed by atoms with Gasteiger partial charge in [-0.3, -0.25) is 4.79 Å². The number of hydrogen-bond acceptors (Lipinski definition) is 3. The minimum absolute atomic E-state index is 0.0978. The molecule has 0 radical (unpaired) electrons. The molecule has 6 heteroatoms. The minimum atomic E-state index is -0.335. The van der Waals surface area contributed by atoms with Gasteiger partial charge < -0.3 is 5.32 Å². The molecule has 1 heterocycles. The summed E-state index contributed by atoms with van der Waals surface area (Å²) in [6.45, 7) is 1.90. The normalized spacial score (nSPS) is 11.7. The quantitative estimate of drug-likeness (QED) is 0.863. The number of rotatable bonds is 4. The van der Waals surface area contributed by atoms with Crippen LogP contribution in [-0.4, -0.2) is 9.78 Å². The third-order valence-corrected chi connectivity index (χ3v) is 3.74. The molecule has 0 fully saturated rings. The Bertz CT molecular complexity index is 751. The zero-order valence-electron chi connectivity index (χ0n) is 11.3. The lowest BCUT2D eigenvalue weighted by Gasteiger charge is -2.17. The Morgan fingerprint density at radius 1 is 1.52 bits per heavy atom. The van der Waals surface area contributed by atoms with E-state index in [9.17, 15) is 9.18 Å². The fraction of sp³-hybridized carbons (Fsp3) is 0.200. The number of hydrogen-bond donors (Lipinski definition) is 1. The van der Waals surface area contributed by atoms with E-state index in [0.717, 1.165) is 0 Å². The van der Waals surface area contributed by atoms with Crippen LogP contribution in [0.2, 0.25) is 0 Å². The van der Waals surface area contributed by atoms with Gasteiger partial charge in [-0.2, -0.15) is 5.10 Å². The second kappa shape index (κ2) is 6.55. The topological polar surface area (TPSA) is 46.9 Å². The van der Waals surface area contributed by atoms with Gasteiger partial charge >= 0.3 is 0 Å². The molecule has 0 aliphatic rings. The fourth-order valence-corrected chi connectivity index (χ4v) is 2.32. The van der Waals surface area contributed by atoms with Gasteiger partial charge in [0.05, 0.1) is 17.9 Å². The van der Waals surface area contributed by atoms with E-state index >= 15 is 0 Å². The van der Waals surface area contributed by atoms with Crippen molar-refractivity contribution in [1.82, 2.24) is 9.78 Å².